The van der Waals surface area contributed by atoms with Crippen LogP contribution in [0.4, 0.5) is 5.69 Å². The van der Waals surface area contributed by atoms with E-state index in [-0.39, 0.29) is 5.57 Å². The largest absolute Gasteiger partial charge is 0.493 e. The molecule has 0 unspecified atom stereocenters. The van der Waals surface area contributed by atoms with Crippen LogP contribution in [-0.4, -0.2) is 19.6 Å². The molecule has 0 saturated carbocycles. The first-order valence-corrected chi connectivity index (χ1v) is 8.78. The first-order chi connectivity index (χ1) is 12.9. The van der Waals surface area contributed by atoms with Crippen LogP contribution in [-0.2, 0) is 4.79 Å². The van der Waals surface area contributed by atoms with Crippen molar-refractivity contribution in [2.45, 2.75) is 20.8 Å². The minimum atomic E-state index is -0.491. The Morgan fingerprint density at radius 3 is 2.70 bits per heavy atom. The quantitative estimate of drug-likeness (QED) is 0.567. The number of carbonyl (C=O) groups excluding carboxylic acids is 1. The molecule has 1 amide bonds. The lowest BCUT2D eigenvalue weighted by Gasteiger charge is -2.12. The fraction of sp³-hybridized carbons (Fsp3) is 0.238. The number of benzene rings is 2. The molecule has 140 valence electrons. The summed E-state index contributed by atoms with van der Waals surface area (Å²) in [5, 5.41) is 12.5. The standard InChI is InChI=1S/C21H21ClN2O3/c1-5-27-20-17(22)10-15(11-19(20)26-4)9-16(12-23)21(25)24-18-8-6-7-13(2)14(18)3/h6-11H,5H2,1-4H3,(H,24,25)/b16-9+. The molecule has 0 aliphatic heterocycles. The van der Waals surface area contributed by atoms with Crippen molar-refractivity contribution in [3.63, 3.8) is 0 Å². The summed E-state index contributed by atoms with van der Waals surface area (Å²) in [6, 6.07) is 10.8. The molecule has 0 aliphatic carbocycles. The van der Waals surface area contributed by atoms with Gasteiger partial charge in [0, 0.05) is 5.69 Å². The molecule has 0 radical (unpaired) electrons. The molecule has 0 aromatic heterocycles. The Kier molecular flexibility index (Phi) is 6.86. The van der Waals surface area contributed by atoms with Crippen molar-refractivity contribution < 1.29 is 14.3 Å². The Labute approximate surface area is 164 Å². The maximum absolute atomic E-state index is 12.5. The highest BCUT2D eigenvalue weighted by Crippen LogP contribution is 2.37. The summed E-state index contributed by atoms with van der Waals surface area (Å²) in [7, 11) is 1.50. The van der Waals surface area contributed by atoms with Crippen molar-refractivity contribution in [1.29, 1.82) is 5.26 Å². The van der Waals surface area contributed by atoms with E-state index in [2.05, 4.69) is 5.32 Å². The first kappa shape index (κ1) is 20.3. The molecule has 2 aromatic carbocycles. The van der Waals surface area contributed by atoms with Crippen LogP contribution in [0.2, 0.25) is 5.02 Å². The van der Waals surface area contributed by atoms with Crippen molar-refractivity contribution in [1.82, 2.24) is 0 Å². The first-order valence-electron chi connectivity index (χ1n) is 8.41. The van der Waals surface area contributed by atoms with Gasteiger partial charge in [-0.3, -0.25) is 4.79 Å². The number of amides is 1. The summed E-state index contributed by atoms with van der Waals surface area (Å²) in [6.07, 6.45) is 1.46. The summed E-state index contributed by atoms with van der Waals surface area (Å²) in [5.74, 6) is 0.371. The van der Waals surface area contributed by atoms with E-state index in [4.69, 9.17) is 21.1 Å². The second-order valence-corrected chi connectivity index (χ2v) is 6.25. The van der Waals surface area contributed by atoms with Crippen LogP contribution in [0.15, 0.2) is 35.9 Å². The van der Waals surface area contributed by atoms with Gasteiger partial charge in [0.1, 0.15) is 11.6 Å². The Morgan fingerprint density at radius 2 is 2.07 bits per heavy atom. The van der Waals surface area contributed by atoms with Crippen LogP contribution in [0, 0.1) is 25.2 Å². The van der Waals surface area contributed by atoms with Crippen molar-refractivity contribution in [3.8, 4) is 17.6 Å². The van der Waals surface area contributed by atoms with E-state index in [9.17, 15) is 10.1 Å². The summed E-state index contributed by atoms with van der Waals surface area (Å²) < 4.78 is 10.8. The Hall–Kier alpha value is -2.97. The minimum absolute atomic E-state index is 0.0433. The molecule has 0 fully saturated rings. The highest BCUT2D eigenvalue weighted by molar-refractivity contribution is 6.32. The Balaban J connectivity index is 2.35. The lowest BCUT2D eigenvalue weighted by atomic mass is 10.1. The molecular formula is C21H21ClN2O3. The molecule has 0 atom stereocenters. The van der Waals surface area contributed by atoms with E-state index >= 15 is 0 Å². The number of hydrogen-bond acceptors (Lipinski definition) is 4. The summed E-state index contributed by atoms with van der Waals surface area (Å²) in [5.41, 5.74) is 3.20. The van der Waals surface area contributed by atoms with Crippen LogP contribution in [0.25, 0.3) is 6.08 Å². The SMILES string of the molecule is CCOc1c(Cl)cc(/C=C(\C#N)C(=O)Nc2cccc(C)c2C)cc1OC. The third-order valence-electron chi connectivity index (χ3n) is 4.07. The predicted octanol–water partition coefficient (Wildman–Crippen LogP) is 4.91. The normalized spacial score (nSPS) is 10.9. The number of methoxy groups -OCH3 is 1. The molecule has 0 bridgehead atoms. The van der Waals surface area contributed by atoms with Gasteiger partial charge in [0.15, 0.2) is 11.5 Å². The maximum Gasteiger partial charge on any atom is 0.266 e. The second-order valence-electron chi connectivity index (χ2n) is 5.84. The van der Waals surface area contributed by atoms with Gasteiger partial charge in [0.25, 0.3) is 5.91 Å². The molecule has 0 heterocycles. The number of nitrogens with zero attached hydrogens (tertiary/aromatic N) is 1. The number of nitrogens with one attached hydrogen (secondary N) is 1. The number of anilines is 1. The zero-order valence-corrected chi connectivity index (χ0v) is 16.5. The maximum atomic E-state index is 12.5. The van der Waals surface area contributed by atoms with Gasteiger partial charge >= 0.3 is 0 Å². The van der Waals surface area contributed by atoms with E-state index < -0.39 is 5.91 Å². The van der Waals surface area contributed by atoms with E-state index in [1.54, 1.807) is 18.2 Å². The third kappa shape index (κ3) is 4.81. The highest BCUT2D eigenvalue weighted by atomic mass is 35.5. The van der Waals surface area contributed by atoms with Crippen molar-refractivity contribution in [2.24, 2.45) is 0 Å². The minimum Gasteiger partial charge on any atom is -0.493 e. The van der Waals surface area contributed by atoms with Gasteiger partial charge in [-0.2, -0.15) is 5.26 Å². The number of aryl methyl sites for hydroxylation is 1. The van der Waals surface area contributed by atoms with Crippen molar-refractivity contribution in [2.75, 3.05) is 19.0 Å². The monoisotopic (exact) mass is 384 g/mol. The highest BCUT2D eigenvalue weighted by Gasteiger charge is 2.14. The van der Waals surface area contributed by atoms with E-state index in [1.807, 2.05) is 39.0 Å². The molecule has 1 N–H and O–H groups in total. The van der Waals surface area contributed by atoms with Crippen LogP contribution in [0.3, 0.4) is 0 Å². The fourth-order valence-corrected chi connectivity index (χ4v) is 2.77. The molecule has 2 aromatic rings. The molecule has 27 heavy (non-hydrogen) atoms. The molecular weight excluding hydrogens is 364 g/mol. The van der Waals surface area contributed by atoms with Gasteiger partial charge in [-0.05, 0) is 61.7 Å². The summed E-state index contributed by atoms with van der Waals surface area (Å²) in [6.45, 7) is 6.15. The average molecular weight is 385 g/mol. The smallest absolute Gasteiger partial charge is 0.266 e. The molecule has 0 saturated heterocycles. The van der Waals surface area contributed by atoms with Crippen molar-refractivity contribution >= 4 is 29.3 Å². The van der Waals surface area contributed by atoms with Crippen molar-refractivity contribution in [3.05, 3.63) is 57.6 Å². The zero-order chi connectivity index (χ0) is 20.0. The number of nitriles is 1. The Bertz CT molecular complexity index is 930. The number of hydrogen-bond donors (Lipinski definition) is 1. The van der Waals surface area contributed by atoms with Gasteiger partial charge in [-0.25, -0.2) is 0 Å². The average Bonchev–Trinajstić information content (AvgIpc) is 2.65. The van der Waals surface area contributed by atoms with E-state index in [0.29, 0.717) is 34.4 Å². The topological polar surface area (TPSA) is 71.3 Å². The molecule has 0 spiro atoms. The number of rotatable bonds is 6. The summed E-state index contributed by atoms with van der Waals surface area (Å²) >= 11 is 6.25. The number of halogens is 1. The third-order valence-corrected chi connectivity index (χ3v) is 4.35. The Morgan fingerprint density at radius 1 is 1.33 bits per heavy atom. The van der Waals surface area contributed by atoms with Gasteiger partial charge in [0.05, 0.1) is 18.7 Å². The van der Waals surface area contributed by atoms with Gasteiger partial charge in [-0.1, -0.05) is 23.7 Å². The molecule has 0 aliphatic rings. The van der Waals surface area contributed by atoms with E-state index in [1.165, 1.54) is 13.2 Å². The van der Waals surface area contributed by atoms with Gasteiger partial charge in [-0.15, -0.1) is 0 Å². The lowest BCUT2D eigenvalue weighted by molar-refractivity contribution is -0.112. The zero-order valence-electron chi connectivity index (χ0n) is 15.7. The summed E-state index contributed by atoms with van der Waals surface area (Å²) in [4.78, 5) is 12.5. The van der Waals surface area contributed by atoms with E-state index in [0.717, 1.165) is 11.1 Å². The van der Waals surface area contributed by atoms with Gasteiger partial charge < -0.3 is 14.8 Å². The number of carbonyl (C=O) groups is 1. The number of ether oxygens (including phenoxy) is 2. The van der Waals surface area contributed by atoms with Crippen LogP contribution >= 0.6 is 11.6 Å². The molecule has 5 nitrogen and oxygen atoms in total. The van der Waals surface area contributed by atoms with Crippen LogP contribution < -0.4 is 14.8 Å². The van der Waals surface area contributed by atoms with Gasteiger partial charge in [0.2, 0.25) is 0 Å². The fourth-order valence-electron chi connectivity index (χ4n) is 2.50. The second kappa shape index (κ2) is 9.11. The van der Waals surface area contributed by atoms with Crippen LogP contribution in [0.5, 0.6) is 11.5 Å². The molecule has 2 rings (SSSR count). The lowest BCUT2D eigenvalue weighted by Crippen LogP contribution is -2.14. The van der Waals surface area contributed by atoms with Crippen LogP contribution in [0.1, 0.15) is 23.6 Å². The molecule has 6 heteroatoms. The predicted molar refractivity (Wildman–Crippen MR) is 107 cm³/mol.